The van der Waals surface area contributed by atoms with Gasteiger partial charge in [0.05, 0.1) is 6.54 Å². The molecular weight excluding hydrogens is 323 g/mol. The molecule has 1 unspecified atom stereocenters. The smallest absolute Gasteiger partial charge is 0.325 e. The zero-order chi connectivity index (χ0) is 17.9. The molecule has 0 spiro atoms. The maximum atomic E-state index is 13.6. The molecule has 1 fully saturated rings. The normalized spacial score (nSPS) is 19.8. The Morgan fingerprint density at radius 1 is 1.08 bits per heavy atom. The summed E-state index contributed by atoms with van der Waals surface area (Å²) in [5, 5.41) is 2.80. The van der Waals surface area contributed by atoms with E-state index in [9.17, 15) is 14.0 Å². The number of rotatable bonds is 6. The zero-order valence-corrected chi connectivity index (χ0v) is 13.9. The number of hydrogen-bond acceptors (Lipinski definition) is 3. The number of carbonyl (C=O) groups is 2. The molecule has 6 heteroatoms. The summed E-state index contributed by atoms with van der Waals surface area (Å²) in [4.78, 5) is 26.3. The number of urea groups is 1. The van der Waals surface area contributed by atoms with Gasteiger partial charge >= 0.3 is 6.03 Å². The van der Waals surface area contributed by atoms with Crippen molar-refractivity contribution in [2.45, 2.75) is 18.9 Å². The van der Waals surface area contributed by atoms with Crippen molar-refractivity contribution >= 4 is 11.9 Å². The van der Waals surface area contributed by atoms with Crippen molar-refractivity contribution in [3.63, 3.8) is 0 Å². The van der Waals surface area contributed by atoms with E-state index in [1.807, 2.05) is 37.3 Å². The Morgan fingerprint density at radius 3 is 2.44 bits per heavy atom. The highest BCUT2D eigenvalue weighted by Gasteiger charge is 2.50. The van der Waals surface area contributed by atoms with E-state index in [4.69, 9.17) is 4.74 Å². The van der Waals surface area contributed by atoms with Crippen LogP contribution < -0.4 is 10.1 Å². The molecule has 1 saturated heterocycles. The Balaban J connectivity index is 1.72. The number of nitrogens with zero attached hydrogens (tertiary/aromatic N) is 1. The average molecular weight is 342 g/mol. The number of nitrogens with one attached hydrogen (secondary N) is 1. The summed E-state index contributed by atoms with van der Waals surface area (Å²) in [5.74, 6) is -0.699. The van der Waals surface area contributed by atoms with Gasteiger partial charge in [-0.1, -0.05) is 49.4 Å². The second-order valence-electron chi connectivity index (χ2n) is 5.79. The molecule has 3 amide bonds. The summed E-state index contributed by atoms with van der Waals surface area (Å²) in [6, 6.07) is 14.7. The number of hydrogen-bond donors (Lipinski definition) is 1. The summed E-state index contributed by atoms with van der Waals surface area (Å²) in [6.45, 7) is 1.92. The van der Waals surface area contributed by atoms with Crippen LogP contribution >= 0.6 is 0 Å². The molecule has 130 valence electrons. The van der Waals surface area contributed by atoms with Gasteiger partial charge in [-0.3, -0.25) is 9.69 Å². The van der Waals surface area contributed by atoms with E-state index in [0.717, 1.165) is 10.5 Å². The number of para-hydroxylation sites is 1. The summed E-state index contributed by atoms with van der Waals surface area (Å²) < 4.78 is 18.9. The Labute approximate surface area is 145 Å². The predicted octanol–water partition coefficient (Wildman–Crippen LogP) is 3.06. The van der Waals surface area contributed by atoms with Gasteiger partial charge in [0.15, 0.2) is 11.6 Å². The number of amides is 3. The van der Waals surface area contributed by atoms with Gasteiger partial charge in [0.25, 0.3) is 5.91 Å². The van der Waals surface area contributed by atoms with Crippen molar-refractivity contribution in [3.8, 4) is 5.75 Å². The lowest BCUT2D eigenvalue weighted by molar-refractivity contribution is -0.132. The van der Waals surface area contributed by atoms with Gasteiger partial charge in [-0.05, 0) is 24.1 Å². The molecule has 0 aliphatic carbocycles. The molecule has 1 atom stereocenters. The highest BCUT2D eigenvalue weighted by atomic mass is 19.1. The fourth-order valence-corrected chi connectivity index (χ4v) is 3.00. The van der Waals surface area contributed by atoms with Crippen molar-refractivity contribution in [3.05, 3.63) is 66.0 Å². The molecule has 0 saturated carbocycles. The Bertz CT molecular complexity index is 781. The van der Waals surface area contributed by atoms with Crippen LogP contribution in [0.4, 0.5) is 9.18 Å². The van der Waals surface area contributed by atoms with Crippen molar-refractivity contribution in [2.24, 2.45) is 0 Å². The molecule has 2 aromatic rings. The number of halogens is 1. The van der Waals surface area contributed by atoms with Gasteiger partial charge in [0.2, 0.25) is 0 Å². The third kappa shape index (κ3) is 3.07. The van der Waals surface area contributed by atoms with Crippen LogP contribution in [0.5, 0.6) is 5.75 Å². The molecule has 5 nitrogen and oxygen atoms in total. The first kappa shape index (κ1) is 17.0. The summed E-state index contributed by atoms with van der Waals surface area (Å²) in [6.07, 6.45) is 0.437. The van der Waals surface area contributed by atoms with Crippen molar-refractivity contribution in [2.75, 3.05) is 13.2 Å². The van der Waals surface area contributed by atoms with Crippen LogP contribution in [0.2, 0.25) is 0 Å². The zero-order valence-electron chi connectivity index (χ0n) is 13.9. The number of carbonyl (C=O) groups excluding carboxylic acids is 2. The lowest BCUT2D eigenvalue weighted by atomic mass is 9.87. The highest BCUT2D eigenvalue weighted by molar-refractivity contribution is 6.07. The van der Waals surface area contributed by atoms with Crippen LogP contribution in [-0.4, -0.2) is 30.0 Å². The molecule has 3 rings (SSSR count). The molecule has 0 radical (unpaired) electrons. The van der Waals surface area contributed by atoms with E-state index in [0.29, 0.717) is 6.42 Å². The first-order chi connectivity index (χ1) is 12.1. The SMILES string of the molecule is CCC1(c2ccccc2)NC(=O)N(CCOc2ccccc2F)C1=O. The monoisotopic (exact) mass is 342 g/mol. The highest BCUT2D eigenvalue weighted by Crippen LogP contribution is 2.32. The van der Waals surface area contributed by atoms with Gasteiger partial charge in [0, 0.05) is 0 Å². The number of ether oxygens (including phenoxy) is 1. The third-order valence-electron chi connectivity index (χ3n) is 4.38. The molecule has 1 aliphatic rings. The van der Waals surface area contributed by atoms with Crippen LogP contribution in [0.25, 0.3) is 0 Å². The van der Waals surface area contributed by atoms with E-state index >= 15 is 0 Å². The van der Waals surface area contributed by atoms with Crippen molar-refractivity contribution < 1.29 is 18.7 Å². The maximum absolute atomic E-state index is 13.6. The largest absolute Gasteiger partial charge is 0.489 e. The second-order valence-corrected chi connectivity index (χ2v) is 5.79. The molecule has 1 heterocycles. The lowest BCUT2D eigenvalue weighted by Crippen LogP contribution is -2.43. The van der Waals surface area contributed by atoms with Crippen LogP contribution in [0.1, 0.15) is 18.9 Å². The van der Waals surface area contributed by atoms with Crippen LogP contribution in [-0.2, 0) is 10.3 Å². The Hall–Kier alpha value is -2.89. The first-order valence-corrected chi connectivity index (χ1v) is 8.15. The standard InChI is InChI=1S/C19H19FN2O3/c1-2-19(14-8-4-3-5-9-14)17(23)22(18(24)21-19)12-13-25-16-11-7-6-10-15(16)20/h3-11H,2,12-13H2,1H3,(H,21,24). The molecule has 2 aromatic carbocycles. The fraction of sp³-hybridized carbons (Fsp3) is 0.263. The molecule has 1 aliphatic heterocycles. The van der Waals surface area contributed by atoms with E-state index in [2.05, 4.69) is 5.32 Å². The van der Waals surface area contributed by atoms with Gasteiger partial charge in [-0.25, -0.2) is 9.18 Å². The Kier molecular flexibility index (Phi) is 4.70. The quantitative estimate of drug-likeness (QED) is 0.821. The minimum Gasteiger partial charge on any atom is -0.489 e. The molecular formula is C19H19FN2O3. The van der Waals surface area contributed by atoms with Crippen molar-refractivity contribution in [1.82, 2.24) is 10.2 Å². The molecule has 1 N–H and O–H groups in total. The van der Waals surface area contributed by atoms with Crippen LogP contribution in [0.3, 0.4) is 0 Å². The topological polar surface area (TPSA) is 58.6 Å². The summed E-state index contributed by atoms with van der Waals surface area (Å²) >= 11 is 0. The van der Waals surface area contributed by atoms with Gasteiger partial charge in [-0.2, -0.15) is 0 Å². The molecule has 25 heavy (non-hydrogen) atoms. The minimum absolute atomic E-state index is 0.0225. The lowest BCUT2D eigenvalue weighted by Gasteiger charge is -2.25. The van der Waals surface area contributed by atoms with E-state index in [-0.39, 0.29) is 24.8 Å². The minimum atomic E-state index is -1.06. The maximum Gasteiger partial charge on any atom is 0.325 e. The summed E-state index contributed by atoms with van der Waals surface area (Å²) in [5.41, 5.74) is -0.315. The average Bonchev–Trinajstić information content (AvgIpc) is 2.89. The second kappa shape index (κ2) is 6.93. The number of benzene rings is 2. The van der Waals surface area contributed by atoms with Crippen molar-refractivity contribution in [1.29, 1.82) is 0 Å². The van der Waals surface area contributed by atoms with E-state index < -0.39 is 17.4 Å². The van der Waals surface area contributed by atoms with Gasteiger partial charge in [0.1, 0.15) is 12.1 Å². The first-order valence-electron chi connectivity index (χ1n) is 8.15. The van der Waals surface area contributed by atoms with Crippen LogP contribution in [0, 0.1) is 5.82 Å². The Morgan fingerprint density at radius 2 is 1.76 bits per heavy atom. The van der Waals surface area contributed by atoms with E-state index in [1.54, 1.807) is 12.1 Å². The van der Waals surface area contributed by atoms with Crippen LogP contribution in [0.15, 0.2) is 54.6 Å². The predicted molar refractivity (Wildman–Crippen MR) is 90.6 cm³/mol. The summed E-state index contributed by atoms with van der Waals surface area (Å²) in [7, 11) is 0. The number of imide groups is 1. The van der Waals surface area contributed by atoms with Gasteiger partial charge in [-0.15, -0.1) is 0 Å². The fourth-order valence-electron chi connectivity index (χ4n) is 3.00. The third-order valence-corrected chi connectivity index (χ3v) is 4.38. The van der Waals surface area contributed by atoms with E-state index in [1.165, 1.54) is 12.1 Å². The molecule has 0 bridgehead atoms. The van der Waals surface area contributed by atoms with Gasteiger partial charge < -0.3 is 10.1 Å². The molecule has 0 aromatic heterocycles.